The molecule has 0 saturated carbocycles. The number of sulfone groups is 1. The molecule has 1 aliphatic rings. The van der Waals surface area contributed by atoms with Crippen LogP contribution in [0.25, 0.3) is 0 Å². The summed E-state index contributed by atoms with van der Waals surface area (Å²) in [5.74, 6) is -1.32. The smallest absolute Gasteiger partial charge is 0.341 e. The minimum atomic E-state index is -3.94. The molecule has 0 aliphatic heterocycles. The molecule has 0 fully saturated rings. The van der Waals surface area contributed by atoms with Crippen LogP contribution in [0.4, 0.5) is 5.00 Å². The van der Waals surface area contributed by atoms with Crippen molar-refractivity contribution in [1.29, 1.82) is 0 Å². The fourth-order valence-electron chi connectivity index (χ4n) is 3.39. The maximum Gasteiger partial charge on any atom is 0.341 e. The van der Waals surface area contributed by atoms with Crippen molar-refractivity contribution in [3.63, 3.8) is 0 Å². The third-order valence-electron chi connectivity index (χ3n) is 4.82. The first-order chi connectivity index (χ1) is 14.8. The Kier molecular flexibility index (Phi) is 5.92. The number of esters is 1. The molecule has 0 bridgehead atoms. The fraction of sp³-hybridized carbons (Fsp3) is 0.238. The van der Waals surface area contributed by atoms with E-state index in [1.54, 1.807) is 6.92 Å². The van der Waals surface area contributed by atoms with E-state index in [1.807, 2.05) is 0 Å². The molecule has 0 spiro atoms. The fourth-order valence-corrected chi connectivity index (χ4v) is 5.96. The predicted molar refractivity (Wildman–Crippen MR) is 116 cm³/mol. The van der Waals surface area contributed by atoms with Crippen LogP contribution in [-0.2, 0) is 27.4 Å². The Balaban J connectivity index is 1.59. The second-order valence-electron chi connectivity index (χ2n) is 6.81. The molecule has 1 aromatic carbocycles. The van der Waals surface area contributed by atoms with Crippen LogP contribution in [0.3, 0.4) is 0 Å². The largest absolute Gasteiger partial charge is 0.462 e. The van der Waals surface area contributed by atoms with Crippen molar-refractivity contribution >= 4 is 49.7 Å². The van der Waals surface area contributed by atoms with Gasteiger partial charge in [-0.2, -0.15) is 0 Å². The van der Waals surface area contributed by atoms with E-state index in [0.717, 1.165) is 29.7 Å². The van der Waals surface area contributed by atoms with E-state index in [9.17, 15) is 18.0 Å². The summed E-state index contributed by atoms with van der Waals surface area (Å²) in [5, 5.41) is 3.10. The molecule has 1 amide bonds. The molecule has 31 heavy (non-hydrogen) atoms. The Morgan fingerprint density at radius 1 is 1.16 bits per heavy atom. The summed E-state index contributed by atoms with van der Waals surface area (Å²) in [5.41, 5.74) is 1.28. The van der Waals surface area contributed by atoms with Crippen molar-refractivity contribution in [2.45, 2.75) is 36.2 Å². The van der Waals surface area contributed by atoms with Gasteiger partial charge in [-0.25, -0.2) is 13.2 Å². The zero-order valence-electron chi connectivity index (χ0n) is 16.4. The highest BCUT2D eigenvalue weighted by Gasteiger charge is 2.29. The maximum absolute atomic E-state index is 12.7. The number of nitrogens with one attached hydrogen (secondary N) is 1. The van der Waals surface area contributed by atoms with Gasteiger partial charge >= 0.3 is 5.97 Å². The maximum atomic E-state index is 12.7. The molecule has 162 valence electrons. The third kappa shape index (κ3) is 4.13. The number of hydrogen-bond donors (Lipinski definition) is 1. The van der Waals surface area contributed by atoms with E-state index in [2.05, 4.69) is 5.32 Å². The molecule has 10 heteroatoms. The number of hydrogen-bond acceptors (Lipinski definition) is 7. The summed E-state index contributed by atoms with van der Waals surface area (Å²) in [6.45, 7) is 1.94. The minimum absolute atomic E-state index is 0.00233. The molecule has 1 N–H and O–H groups in total. The molecule has 0 atom stereocenters. The summed E-state index contributed by atoms with van der Waals surface area (Å²) in [4.78, 5) is 26.2. The number of fused-ring (bicyclic) bond motifs is 1. The van der Waals surface area contributed by atoms with Crippen LogP contribution < -0.4 is 5.32 Å². The predicted octanol–water partition coefficient (Wildman–Crippen LogP) is 4.75. The number of thiophene rings is 1. The molecule has 1 aliphatic carbocycles. The second-order valence-corrected chi connectivity index (χ2v) is 10.2. The number of carbonyl (C=O) groups is 2. The van der Waals surface area contributed by atoms with E-state index in [1.165, 1.54) is 47.7 Å². The van der Waals surface area contributed by atoms with Gasteiger partial charge in [-0.05, 0) is 68.1 Å². The Bertz CT molecular complexity index is 1260. The third-order valence-corrected chi connectivity index (χ3v) is 7.92. The van der Waals surface area contributed by atoms with Crippen molar-refractivity contribution in [3.8, 4) is 0 Å². The van der Waals surface area contributed by atoms with E-state index >= 15 is 0 Å². The van der Waals surface area contributed by atoms with Gasteiger partial charge < -0.3 is 14.5 Å². The molecule has 0 radical (unpaired) electrons. The number of furan rings is 1. The molecule has 4 rings (SSSR count). The van der Waals surface area contributed by atoms with Gasteiger partial charge in [0.2, 0.25) is 14.9 Å². The van der Waals surface area contributed by atoms with E-state index in [4.69, 9.17) is 20.8 Å². The van der Waals surface area contributed by atoms with Crippen molar-refractivity contribution in [2.75, 3.05) is 11.9 Å². The number of ether oxygens (including phenoxy) is 1. The first-order valence-corrected chi connectivity index (χ1v) is 12.2. The molecule has 2 heterocycles. The van der Waals surface area contributed by atoms with Crippen LogP contribution in [0.5, 0.6) is 0 Å². The Labute approximate surface area is 187 Å². The highest BCUT2D eigenvalue weighted by atomic mass is 35.5. The van der Waals surface area contributed by atoms with E-state index in [-0.39, 0.29) is 22.4 Å². The number of halogens is 1. The Morgan fingerprint density at radius 2 is 1.90 bits per heavy atom. The molecular formula is C21H18ClNO6S2. The monoisotopic (exact) mass is 479 g/mol. The van der Waals surface area contributed by atoms with Crippen LogP contribution in [0.2, 0.25) is 5.02 Å². The summed E-state index contributed by atoms with van der Waals surface area (Å²) in [6, 6.07) is 8.14. The number of rotatable bonds is 6. The minimum Gasteiger partial charge on any atom is -0.462 e. The Morgan fingerprint density at radius 3 is 2.61 bits per heavy atom. The first kappa shape index (κ1) is 21.6. The summed E-state index contributed by atoms with van der Waals surface area (Å²) < 4.78 is 35.9. The van der Waals surface area contributed by atoms with Gasteiger partial charge in [0, 0.05) is 9.90 Å². The van der Waals surface area contributed by atoms with Crippen LogP contribution in [-0.4, -0.2) is 26.9 Å². The lowest BCUT2D eigenvalue weighted by Gasteiger charge is -2.07. The molecule has 7 nitrogen and oxygen atoms in total. The number of benzene rings is 1. The van der Waals surface area contributed by atoms with E-state index in [0.29, 0.717) is 15.6 Å². The standard InChI is InChI=1S/C21H18ClNO6S2/c1-2-28-21(25)18-14-4-3-5-16(14)30-20(18)23-19(24)15-10-11-17(29-15)31(26,27)13-8-6-12(22)7-9-13/h6-11H,2-5H2,1H3,(H,23,24). The second kappa shape index (κ2) is 8.49. The topological polar surface area (TPSA) is 103 Å². The number of carbonyl (C=O) groups excluding carboxylic acids is 2. The number of anilines is 1. The highest BCUT2D eigenvalue weighted by Crippen LogP contribution is 2.39. The molecule has 2 aromatic heterocycles. The first-order valence-electron chi connectivity index (χ1n) is 9.54. The van der Waals surface area contributed by atoms with Crippen molar-refractivity contribution in [3.05, 3.63) is 63.2 Å². The average Bonchev–Trinajstić information content (AvgIpc) is 3.44. The van der Waals surface area contributed by atoms with Crippen LogP contribution in [0.1, 0.15) is 44.7 Å². The van der Waals surface area contributed by atoms with Gasteiger partial charge in [0.25, 0.3) is 5.91 Å². The van der Waals surface area contributed by atoms with Crippen molar-refractivity contribution < 1.29 is 27.2 Å². The summed E-state index contributed by atoms with van der Waals surface area (Å²) in [6.07, 6.45) is 2.54. The van der Waals surface area contributed by atoms with Gasteiger partial charge in [0.05, 0.1) is 17.1 Å². The van der Waals surface area contributed by atoms with Crippen molar-refractivity contribution in [2.24, 2.45) is 0 Å². The number of aryl methyl sites for hydroxylation is 1. The lowest BCUT2D eigenvalue weighted by Crippen LogP contribution is -2.14. The molecule has 0 saturated heterocycles. The van der Waals surface area contributed by atoms with Gasteiger partial charge in [-0.1, -0.05) is 11.6 Å². The lowest BCUT2D eigenvalue weighted by atomic mass is 10.1. The molecular weight excluding hydrogens is 462 g/mol. The Hall–Kier alpha value is -2.62. The van der Waals surface area contributed by atoms with Crippen LogP contribution in [0.15, 0.2) is 50.8 Å². The van der Waals surface area contributed by atoms with E-state index < -0.39 is 21.7 Å². The van der Waals surface area contributed by atoms with Crippen molar-refractivity contribution in [1.82, 2.24) is 0 Å². The van der Waals surface area contributed by atoms with Crippen LogP contribution in [0, 0.1) is 0 Å². The SMILES string of the molecule is CCOC(=O)c1c(NC(=O)c2ccc(S(=O)(=O)c3ccc(Cl)cc3)o2)sc2c1CCC2. The quantitative estimate of drug-likeness (QED) is 0.512. The highest BCUT2D eigenvalue weighted by molar-refractivity contribution is 7.91. The average molecular weight is 480 g/mol. The summed E-state index contributed by atoms with van der Waals surface area (Å²) >= 11 is 7.14. The molecule has 0 unspecified atom stereocenters. The van der Waals surface area contributed by atoms with Gasteiger partial charge in [-0.15, -0.1) is 11.3 Å². The zero-order chi connectivity index (χ0) is 22.2. The zero-order valence-corrected chi connectivity index (χ0v) is 18.8. The van der Waals surface area contributed by atoms with Gasteiger partial charge in [0.1, 0.15) is 5.00 Å². The van der Waals surface area contributed by atoms with Crippen LogP contribution >= 0.6 is 22.9 Å². The summed E-state index contributed by atoms with van der Waals surface area (Å²) in [7, 11) is -3.94. The van der Waals surface area contributed by atoms with Gasteiger partial charge in [-0.3, -0.25) is 4.79 Å². The number of amides is 1. The lowest BCUT2D eigenvalue weighted by molar-refractivity contribution is 0.0527. The van der Waals surface area contributed by atoms with Gasteiger partial charge in [0.15, 0.2) is 5.76 Å². The molecule has 3 aromatic rings. The normalized spacial score (nSPS) is 13.1.